The van der Waals surface area contributed by atoms with Gasteiger partial charge in [0.25, 0.3) is 5.91 Å². The van der Waals surface area contributed by atoms with Crippen molar-refractivity contribution in [2.24, 2.45) is 0 Å². The van der Waals surface area contributed by atoms with Crippen molar-refractivity contribution in [3.63, 3.8) is 0 Å². The van der Waals surface area contributed by atoms with Gasteiger partial charge in [-0.3, -0.25) is 4.79 Å². The smallest absolute Gasteiger partial charge is 0.251 e. The van der Waals surface area contributed by atoms with Crippen molar-refractivity contribution >= 4 is 21.6 Å². The summed E-state index contributed by atoms with van der Waals surface area (Å²) >= 11 is 0. The first-order chi connectivity index (χ1) is 14.9. The average molecular weight is 442 g/mol. The van der Waals surface area contributed by atoms with Crippen molar-refractivity contribution in [1.29, 1.82) is 0 Å². The van der Waals surface area contributed by atoms with Gasteiger partial charge in [-0.25, -0.2) is 13.1 Å². The first-order valence-corrected chi connectivity index (χ1v) is 12.6. The zero-order valence-electron chi connectivity index (χ0n) is 18.0. The number of carbonyl (C=O) groups excluding carboxylic acids is 1. The lowest BCUT2D eigenvalue weighted by molar-refractivity contribution is 0.0951. The number of sulfonamides is 1. The Hall–Kier alpha value is -2.38. The molecule has 0 atom stereocenters. The lowest BCUT2D eigenvalue weighted by Gasteiger charge is -2.33. The van der Waals surface area contributed by atoms with E-state index in [1.165, 1.54) is 49.9 Å². The van der Waals surface area contributed by atoms with E-state index in [1.807, 2.05) is 12.1 Å². The highest BCUT2D eigenvalue weighted by molar-refractivity contribution is 7.89. The number of carbonyl (C=O) groups is 1. The minimum absolute atomic E-state index is 0.0572. The number of hydrogen-bond donors (Lipinski definition) is 2. The molecule has 2 aromatic rings. The number of anilines is 1. The molecular formula is C24H31N3O3S. The Morgan fingerprint density at radius 3 is 2.19 bits per heavy atom. The molecule has 1 amide bonds. The van der Waals surface area contributed by atoms with Crippen molar-refractivity contribution in [3.8, 4) is 0 Å². The average Bonchev–Trinajstić information content (AvgIpc) is 3.61. The molecule has 7 heteroatoms. The van der Waals surface area contributed by atoms with Crippen molar-refractivity contribution < 1.29 is 13.2 Å². The predicted molar refractivity (Wildman–Crippen MR) is 123 cm³/mol. The highest BCUT2D eigenvalue weighted by Gasteiger charge is 2.28. The van der Waals surface area contributed by atoms with Gasteiger partial charge < -0.3 is 10.2 Å². The quantitative estimate of drug-likeness (QED) is 0.653. The fraction of sp³-hybridized carbons (Fsp3) is 0.458. The van der Waals surface area contributed by atoms with Crippen molar-refractivity contribution in [3.05, 3.63) is 59.7 Å². The van der Waals surface area contributed by atoms with E-state index < -0.39 is 10.0 Å². The van der Waals surface area contributed by atoms with E-state index in [2.05, 4.69) is 34.1 Å². The first kappa shape index (κ1) is 21.8. The molecular weight excluding hydrogens is 410 g/mol. The van der Waals surface area contributed by atoms with Crippen molar-refractivity contribution in [2.45, 2.75) is 68.5 Å². The molecule has 0 bridgehead atoms. The Morgan fingerprint density at radius 2 is 1.58 bits per heavy atom. The largest absolute Gasteiger partial charge is 0.372 e. The summed E-state index contributed by atoms with van der Waals surface area (Å²) in [6, 6.07) is 15.1. The lowest BCUT2D eigenvalue weighted by Crippen LogP contribution is -2.33. The van der Waals surface area contributed by atoms with Crippen molar-refractivity contribution in [2.75, 3.05) is 11.9 Å². The summed E-state index contributed by atoms with van der Waals surface area (Å²) in [4.78, 5) is 15.0. The van der Waals surface area contributed by atoms with Crippen LogP contribution in [0.3, 0.4) is 0 Å². The molecule has 0 unspecified atom stereocenters. The molecule has 0 saturated heterocycles. The summed E-state index contributed by atoms with van der Waals surface area (Å²) in [5, 5.41) is 2.91. The molecule has 2 saturated carbocycles. The zero-order valence-corrected chi connectivity index (χ0v) is 18.8. The van der Waals surface area contributed by atoms with Crippen LogP contribution in [0, 0.1) is 0 Å². The Morgan fingerprint density at radius 1 is 0.935 bits per heavy atom. The van der Waals surface area contributed by atoms with Crippen LogP contribution in [0.2, 0.25) is 0 Å². The Balaban J connectivity index is 1.31. The summed E-state index contributed by atoms with van der Waals surface area (Å²) < 4.78 is 27.1. The lowest BCUT2D eigenvalue weighted by atomic mass is 9.94. The van der Waals surface area contributed by atoms with E-state index in [0.29, 0.717) is 18.2 Å². The second kappa shape index (κ2) is 9.40. The van der Waals surface area contributed by atoms with Crippen LogP contribution in [0.1, 0.15) is 60.9 Å². The molecule has 2 N–H and O–H groups in total. The normalized spacial score (nSPS) is 17.3. The molecule has 0 spiro atoms. The minimum Gasteiger partial charge on any atom is -0.372 e. The van der Waals surface area contributed by atoms with Gasteiger partial charge in [-0.15, -0.1) is 0 Å². The molecule has 0 heterocycles. The molecule has 2 aliphatic carbocycles. The molecule has 0 radical (unpaired) electrons. The van der Waals surface area contributed by atoms with Gasteiger partial charge in [0.05, 0.1) is 4.90 Å². The molecule has 166 valence electrons. The predicted octanol–water partition coefficient (Wildman–Crippen LogP) is 3.83. The van der Waals surface area contributed by atoms with Gasteiger partial charge >= 0.3 is 0 Å². The third-order valence-corrected chi connectivity index (χ3v) is 7.78. The maximum absolute atomic E-state index is 12.5. The van der Waals surface area contributed by atoms with E-state index in [9.17, 15) is 13.2 Å². The van der Waals surface area contributed by atoms with Gasteiger partial charge in [0, 0.05) is 36.9 Å². The number of rotatable bonds is 8. The molecule has 4 rings (SSSR count). The number of benzene rings is 2. The first-order valence-electron chi connectivity index (χ1n) is 11.1. The number of nitrogens with one attached hydrogen (secondary N) is 2. The second-order valence-electron chi connectivity index (χ2n) is 8.67. The molecule has 2 fully saturated rings. The van der Waals surface area contributed by atoms with E-state index >= 15 is 0 Å². The summed E-state index contributed by atoms with van der Waals surface area (Å²) in [5.74, 6) is -0.220. The van der Waals surface area contributed by atoms with E-state index in [4.69, 9.17) is 0 Å². The van der Waals surface area contributed by atoms with Crippen LogP contribution in [0.15, 0.2) is 53.4 Å². The maximum Gasteiger partial charge on any atom is 0.251 e. The van der Waals surface area contributed by atoms with Crippen LogP contribution < -0.4 is 14.9 Å². The zero-order chi connectivity index (χ0) is 21.8. The van der Waals surface area contributed by atoms with E-state index in [1.54, 1.807) is 12.1 Å². The minimum atomic E-state index is -3.50. The number of hydrogen-bond acceptors (Lipinski definition) is 4. The van der Waals surface area contributed by atoms with E-state index in [-0.39, 0.29) is 16.8 Å². The van der Waals surface area contributed by atoms with Crippen LogP contribution in [0.5, 0.6) is 0 Å². The van der Waals surface area contributed by atoms with Crippen LogP contribution in [0.4, 0.5) is 5.69 Å². The van der Waals surface area contributed by atoms with Gasteiger partial charge in [0.1, 0.15) is 0 Å². The molecule has 0 aromatic heterocycles. The summed E-state index contributed by atoms with van der Waals surface area (Å²) in [6.07, 6.45) is 8.25. The van der Waals surface area contributed by atoms with Crippen molar-refractivity contribution in [1.82, 2.24) is 10.0 Å². The third kappa shape index (κ3) is 5.66. The monoisotopic (exact) mass is 441 g/mol. The van der Waals surface area contributed by atoms with Crippen LogP contribution in [-0.4, -0.2) is 33.5 Å². The molecule has 0 aliphatic heterocycles. The number of amides is 1. The summed E-state index contributed by atoms with van der Waals surface area (Å²) in [6.45, 7) is 0.426. The van der Waals surface area contributed by atoms with Crippen LogP contribution in [-0.2, 0) is 16.6 Å². The molecule has 2 aliphatic rings. The third-order valence-electron chi connectivity index (χ3n) is 6.25. The van der Waals surface area contributed by atoms with Gasteiger partial charge in [-0.1, -0.05) is 31.4 Å². The van der Waals surface area contributed by atoms with Crippen LogP contribution >= 0.6 is 0 Å². The second-order valence-corrected chi connectivity index (χ2v) is 10.4. The highest BCUT2D eigenvalue weighted by Crippen LogP contribution is 2.26. The summed E-state index contributed by atoms with van der Waals surface area (Å²) in [7, 11) is -1.34. The molecule has 31 heavy (non-hydrogen) atoms. The Bertz CT molecular complexity index is 993. The van der Waals surface area contributed by atoms with Crippen LogP contribution in [0.25, 0.3) is 0 Å². The SMILES string of the molecule is CN(c1ccc(CNC(=O)c2ccc(S(=O)(=O)NC3CC3)cc2)cc1)C1CCCCC1. The van der Waals surface area contributed by atoms with Gasteiger partial charge in [0.15, 0.2) is 0 Å². The summed E-state index contributed by atoms with van der Waals surface area (Å²) in [5.41, 5.74) is 2.68. The van der Waals surface area contributed by atoms with Gasteiger partial charge in [-0.2, -0.15) is 0 Å². The van der Waals surface area contributed by atoms with Gasteiger partial charge in [0.2, 0.25) is 10.0 Å². The highest BCUT2D eigenvalue weighted by atomic mass is 32.2. The van der Waals surface area contributed by atoms with E-state index in [0.717, 1.165) is 18.4 Å². The Labute approximate surface area is 185 Å². The van der Waals surface area contributed by atoms with Gasteiger partial charge in [-0.05, 0) is 67.6 Å². The standard InChI is InChI=1S/C24H31N3O3S/c1-27(21-5-3-2-4-6-21)22-13-7-18(8-14-22)17-25-24(28)19-9-15-23(16-10-19)31(29,30)26-20-11-12-20/h7-10,13-16,20-21,26H,2-6,11-12,17H2,1H3,(H,25,28). The fourth-order valence-corrected chi connectivity index (χ4v) is 5.39. The molecule has 2 aromatic carbocycles. The fourth-order valence-electron chi connectivity index (χ4n) is 4.09. The Kier molecular flexibility index (Phi) is 6.62. The topological polar surface area (TPSA) is 78.5 Å². The number of nitrogens with zero attached hydrogens (tertiary/aromatic N) is 1. The molecule has 6 nitrogen and oxygen atoms in total. The maximum atomic E-state index is 12.5.